The Labute approximate surface area is 117 Å². The zero-order valence-electron chi connectivity index (χ0n) is 12.8. The Hall–Kier alpha value is -0.650. The molecule has 1 aliphatic heterocycles. The van der Waals surface area contributed by atoms with Gasteiger partial charge in [0, 0.05) is 19.6 Å². The average Bonchev–Trinajstić information content (AvgIpc) is 2.65. The quantitative estimate of drug-likeness (QED) is 0.711. The molecular weight excluding hydrogens is 240 g/mol. The summed E-state index contributed by atoms with van der Waals surface area (Å²) in [6.07, 6.45) is 2.19. The van der Waals surface area contributed by atoms with Gasteiger partial charge in [-0.1, -0.05) is 6.92 Å². The van der Waals surface area contributed by atoms with Crippen molar-refractivity contribution in [1.82, 2.24) is 20.0 Å². The van der Waals surface area contributed by atoms with Crippen LogP contribution in [0.1, 0.15) is 19.8 Å². The summed E-state index contributed by atoms with van der Waals surface area (Å²) in [5.41, 5.74) is 0. The SMILES string of the molecule is CCN(CCCN(C)C)CC(=O)N1CCCNCC1. The summed E-state index contributed by atoms with van der Waals surface area (Å²) in [4.78, 5) is 18.7. The van der Waals surface area contributed by atoms with Gasteiger partial charge >= 0.3 is 0 Å². The lowest BCUT2D eigenvalue weighted by atomic mass is 10.3. The van der Waals surface area contributed by atoms with E-state index in [4.69, 9.17) is 0 Å². The number of carbonyl (C=O) groups is 1. The molecule has 0 spiro atoms. The van der Waals surface area contributed by atoms with Gasteiger partial charge in [0.2, 0.25) is 5.91 Å². The Bertz CT molecular complexity index is 250. The van der Waals surface area contributed by atoms with Crippen LogP contribution in [0.4, 0.5) is 0 Å². The Balaban J connectivity index is 2.30. The maximum Gasteiger partial charge on any atom is 0.236 e. The van der Waals surface area contributed by atoms with E-state index < -0.39 is 0 Å². The van der Waals surface area contributed by atoms with Gasteiger partial charge in [-0.2, -0.15) is 0 Å². The van der Waals surface area contributed by atoms with Gasteiger partial charge in [0.05, 0.1) is 6.54 Å². The zero-order chi connectivity index (χ0) is 14.1. The fourth-order valence-electron chi connectivity index (χ4n) is 2.35. The monoisotopic (exact) mass is 270 g/mol. The second-order valence-electron chi connectivity index (χ2n) is 5.51. The Morgan fingerprint density at radius 2 is 2.00 bits per heavy atom. The van der Waals surface area contributed by atoms with Gasteiger partial charge in [0.1, 0.15) is 0 Å². The normalized spacial score (nSPS) is 17.0. The highest BCUT2D eigenvalue weighted by atomic mass is 16.2. The standard InChI is InChI=1S/C14H30N4O/c1-4-17(10-6-9-16(2)3)13-14(19)18-11-5-7-15-8-12-18/h15H,4-13H2,1-3H3. The van der Waals surface area contributed by atoms with Crippen molar-refractivity contribution in [3.05, 3.63) is 0 Å². The third-order valence-electron chi connectivity index (χ3n) is 3.58. The molecule has 0 bridgehead atoms. The lowest BCUT2D eigenvalue weighted by molar-refractivity contribution is -0.132. The topological polar surface area (TPSA) is 38.8 Å². The molecule has 1 N–H and O–H groups in total. The molecule has 0 unspecified atom stereocenters. The second kappa shape index (κ2) is 9.28. The van der Waals surface area contributed by atoms with Gasteiger partial charge in [-0.15, -0.1) is 0 Å². The smallest absolute Gasteiger partial charge is 0.236 e. The molecular formula is C14H30N4O. The van der Waals surface area contributed by atoms with Crippen molar-refractivity contribution in [3.8, 4) is 0 Å². The molecule has 1 fully saturated rings. The molecule has 1 rings (SSSR count). The third-order valence-corrected chi connectivity index (χ3v) is 3.58. The molecule has 0 aliphatic carbocycles. The molecule has 1 heterocycles. The lowest BCUT2D eigenvalue weighted by Crippen LogP contribution is -2.42. The molecule has 1 amide bonds. The van der Waals surface area contributed by atoms with Gasteiger partial charge in [-0.3, -0.25) is 9.69 Å². The third kappa shape index (κ3) is 6.89. The van der Waals surface area contributed by atoms with Crippen molar-refractivity contribution in [2.45, 2.75) is 19.8 Å². The molecule has 0 aromatic heterocycles. The van der Waals surface area contributed by atoms with E-state index >= 15 is 0 Å². The minimum Gasteiger partial charge on any atom is -0.340 e. The second-order valence-corrected chi connectivity index (χ2v) is 5.51. The molecule has 1 saturated heterocycles. The minimum absolute atomic E-state index is 0.287. The average molecular weight is 270 g/mol. The van der Waals surface area contributed by atoms with E-state index in [-0.39, 0.29) is 5.91 Å². The van der Waals surface area contributed by atoms with Crippen LogP contribution in [0.2, 0.25) is 0 Å². The first kappa shape index (κ1) is 16.4. The highest BCUT2D eigenvalue weighted by Gasteiger charge is 2.17. The van der Waals surface area contributed by atoms with E-state index in [0.29, 0.717) is 6.54 Å². The predicted molar refractivity (Wildman–Crippen MR) is 79.4 cm³/mol. The van der Waals surface area contributed by atoms with E-state index in [1.165, 1.54) is 0 Å². The first-order valence-electron chi connectivity index (χ1n) is 7.49. The maximum absolute atomic E-state index is 12.3. The zero-order valence-corrected chi connectivity index (χ0v) is 12.8. The number of hydrogen-bond acceptors (Lipinski definition) is 4. The first-order valence-corrected chi connectivity index (χ1v) is 7.49. The van der Waals surface area contributed by atoms with Crippen molar-refractivity contribution in [3.63, 3.8) is 0 Å². The van der Waals surface area contributed by atoms with Crippen LogP contribution in [-0.4, -0.2) is 87.1 Å². The summed E-state index contributed by atoms with van der Waals surface area (Å²) >= 11 is 0. The molecule has 112 valence electrons. The van der Waals surface area contributed by atoms with E-state index in [0.717, 1.165) is 58.7 Å². The molecule has 5 nitrogen and oxygen atoms in total. The van der Waals surface area contributed by atoms with E-state index in [9.17, 15) is 4.79 Å². The molecule has 5 heteroatoms. The van der Waals surface area contributed by atoms with Crippen LogP contribution in [0.3, 0.4) is 0 Å². The van der Waals surface area contributed by atoms with Crippen molar-refractivity contribution in [2.75, 3.05) is 66.5 Å². The number of nitrogens with zero attached hydrogens (tertiary/aromatic N) is 3. The van der Waals surface area contributed by atoms with Gasteiger partial charge in [-0.05, 0) is 53.1 Å². The molecule has 0 radical (unpaired) electrons. The molecule has 0 aromatic rings. The number of nitrogens with one attached hydrogen (secondary N) is 1. The van der Waals surface area contributed by atoms with Crippen LogP contribution >= 0.6 is 0 Å². The first-order chi connectivity index (χ1) is 9.13. The van der Waals surface area contributed by atoms with Gasteiger partial charge in [-0.25, -0.2) is 0 Å². The summed E-state index contributed by atoms with van der Waals surface area (Å²) in [7, 11) is 4.18. The van der Waals surface area contributed by atoms with Crippen molar-refractivity contribution in [1.29, 1.82) is 0 Å². The van der Waals surface area contributed by atoms with Crippen LogP contribution in [0, 0.1) is 0 Å². The van der Waals surface area contributed by atoms with Crippen LogP contribution in [0.5, 0.6) is 0 Å². The van der Waals surface area contributed by atoms with E-state index in [2.05, 4.69) is 36.1 Å². The summed E-state index contributed by atoms with van der Waals surface area (Å²) in [5.74, 6) is 0.287. The van der Waals surface area contributed by atoms with Crippen molar-refractivity contribution in [2.24, 2.45) is 0 Å². The fraction of sp³-hybridized carbons (Fsp3) is 0.929. The maximum atomic E-state index is 12.3. The number of carbonyl (C=O) groups excluding carboxylic acids is 1. The van der Waals surface area contributed by atoms with Crippen molar-refractivity contribution < 1.29 is 4.79 Å². The molecule has 0 saturated carbocycles. The molecule has 0 aromatic carbocycles. The number of hydrogen-bond donors (Lipinski definition) is 1. The fourth-order valence-corrected chi connectivity index (χ4v) is 2.35. The molecule has 1 aliphatic rings. The van der Waals surface area contributed by atoms with Gasteiger partial charge in [0.15, 0.2) is 0 Å². The number of amides is 1. The van der Waals surface area contributed by atoms with E-state index in [1.807, 2.05) is 4.90 Å². The van der Waals surface area contributed by atoms with Gasteiger partial charge < -0.3 is 15.1 Å². The van der Waals surface area contributed by atoms with Gasteiger partial charge in [0.25, 0.3) is 0 Å². The summed E-state index contributed by atoms with van der Waals surface area (Å²) in [5, 5.41) is 3.33. The highest BCUT2D eigenvalue weighted by molar-refractivity contribution is 5.78. The Morgan fingerprint density at radius 1 is 1.21 bits per heavy atom. The Morgan fingerprint density at radius 3 is 2.68 bits per heavy atom. The predicted octanol–water partition coefficient (Wildman–Crippen LogP) is 0.0819. The number of likely N-dealkylation sites (N-methyl/N-ethyl adjacent to an activating group) is 1. The van der Waals surface area contributed by atoms with Crippen LogP contribution in [0.25, 0.3) is 0 Å². The van der Waals surface area contributed by atoms with Crippen LogP contribution in [-0.2, 0) is 4.79 Å². The largest absolute Gasteiger partial charge is 0.340 e. The highest BCUT2D eigenvalue weighted by Crippen LogP contribution is 2.00. The number of rotatable bonds is 7. The minimum atomic E-state index is 0.287. The summed E-state index contributed by atoms with van der Waals surface area (Å²) < 4.78 is 0. The van der Waals surface area contributed by atoms with Crippen molar-refractivity contribution >= 4 is 5.91 Å². The molecule has 0 atom stereocenters. The van der Waals surface area contributed by atoms with E-state index in [1.54, 1.807) is 0 Å². The Kier molecular flexibility index (Phi) is 8.02. The summed E-state index contributed by atoms with van der Waals surface area (Å²) in [6, 6.07) is 0. The lowest BCUT2D eigenvalue weighted by Gasteiger charge is -2.26. The van der Waals surface area contributed by atoms with Crippen LogP contribution in [0.15, 0.2) is 0 Å². The summed E-state index contributed by atoms with van der Waals surface area (Å²) in [6.45, 7) is 9.46. The van der Waals surface area contributed by atoms with Crippen LogP contribution < -0.4 is 5.32 Å². The molecule has 19 heavy (non-hydrogen) atoms.